The Morgan fingerprint density at radius 2 is 2.27 bits per heavy atom. The number of likely N-dealkylation sites (N-methyl/N-ethyl adjacent to an activating group) is 1. The van der Waals surface area contributed by atoms with E-state index in [0.717, 1.165) is 30.8 Å². The number of benzene rings is 1. The largest absolute Gasteiger partial charge is 0.324 e. The molecule has 0 saturated heterocycles. The lowest BCUT2D eigenvalue weighted by Crippen LogP contribution is -2.27. The molecule has 0 atom stereocenters. The third kappa shape index (κ3) is 4.30. The van der Waals surface area contributed by atoms with E-state index < -0.39 is 0 Å². The summed E-state index contributed by atoms with van der Waals surface area (Å²) in [7, 11) is 2.04. The number of hydrogen-bond donors (Lipinski definition) is 1. The lowest BCUT2D eigenvalue weighted by molar-refractivity contribution is -0.113. The SMILES string of the molecule is CN1CCc2nc(SCC(=O)Nc3cccc(Cl)c3Cl)c(C#N)cc2C1. The molecule has 0 spiro atoms. The summed E-state index contributed by atoms with van der Waals surface area (Å²) >= 11 is 13.3. The van der Waals surface area contributed by atoms with Gasteiger partial charge in [-0.2, -0.15) is 5.26 Å². The standard InChI is InChI=1S/C18H16Cl2N4OS/c1-24-6-5-14-12(9-24)7-11(8-21)18(23-14)26-10-16(25)22-15-4-2-3-13(19)17(15)20/h2-4,7H,5-6,9-10H2,1H3,(H,22,25). The van der Waals surface area contributed by atoms with E-state index in [9.17, 15) is 10.1 Å². The van der Waals surface area contributed by atoms with Crippen LogP contribution in [0.4, 0.5) is 5.69 Å². The molecule has 0 saturated carbocycles. The summed E-state index contributed by atoms with van der Waals surface area (Å²) in [5.41, 5.74) is 3.04. The van der Waals surface area contributed by atoms with Gasteiger partial charge in [0.2, 0.25) is 5.91 Å². The normalized spacial score (nSPS) is 13.8. The second-order valence-electron chi connectivity index (χ2n) is 5.98. The number of carbonyl (C=O) groups excluding carboxylic acids is 1. The summed E-state index contributed by atoms with van der Waals surface area (Å²) in [4.78, 5) is 19.0. The highest BCUT2D eigenvalue weighted by molar-refractivity contribution is 8.00. The van der Waals surface area contributed by atoms with Crippen molar-refractivity contribution in [3.8, 4) is 6.07 Å². The Labute approximate surface area is 166 Å². The highest BCUT2D eigenvalue weighted by Crippen LogP contribution is 2.30. The van der Waals surface area contributed by atoms with Crippen molar-refractivity contribution in [2.45, 2.75) is 18.0 Å². The lowest BCUT2D eigenvalue weighted by Gasteiger charge is -2.24. The fourth-order valence-electron chi connectivity index (χ4n) is 2.70. The molecule has 2 heterocycles. The second kappa shape index (κ2) is 8.28. The first-order valence-corrected chi connectivity index (χ1v) is 9.70. The number of nitrogens with one attached hydrogen (secondary N) is 1. The van der Waals surface area contributed by atoms with Crippen LogP contribution >= 0.6 is 35.0 Å². The number of anilines is 1. The highest BCUT2D eigenvalue weighted by atomic mass is 35.5. The van der Waals surface area contributed by atoms with Crippen LogP contribution in [0.3, 0.4) is 0 Å². The van der Waals surface area contributed by atoms with Crippen LogP contribution in [-0.4, -0.2) is 35.1 Å². The molecule has 5 nitrogen and oxygen atoms in total. The minimum absolute atomic E-state index is 0.128. The predicted octanol–water partition coefficient (Wildman–Crippen LogP) is 3.98. The molecule has 3 rings (SSSR count). The molecule has 1 aromatic carbocycles. The molecule has 26 heavy (non-hydrogen) atoms. The van der Waals surface area contributed by atoms with Gasteiger partial charge in [0.25, 0.3) is 0 Å². The van der Waals surface area contributed by atoms with Gasteiger partial charge in [-0.15, -0.1) is 0 Å². The predicted molar refractivity (Wildman–Crippen MR) is 105 cm³/mol. The van der Waals surface area contributed by atoms with Crippen LogP contribution in [0.15, 0.2) is 29.3 Å². The van der Waals surface area contributed by atoms with Gasteiger partial charge in [-0.1, -0.05) is 41.0 Å². The first-order chi connectivity index (χ1) is 12.5. The Hall–Kier alpha value is -1.78. The van der Waals surface area contributed by atoms with E-state index in [1.807, 2.05) is 13.1 Å². The zero-order valence-corrected chi connectivity index (χ0v) is 16.4. The van der Waals surface area contributed by atoms with Crippen LogP contribution in [0, 0.1) is 11.3 Å². The number of fused-ring (bicyclic) bond motifs is 1. The number of rotatable bonds is 4. The number of halogens is 2. The van der Waals surface area contributed by atoms with Gasteiger partial charge in [0.1, 0.15) is 11.1 Å². The molecular weight excluding hydrogens is 391 g/mol. The fourth-order valence-corrected chi connectivity index (χ4v) is 3.83. The van der Waals surface area contributed by atoms with Gasteiger partial charge in [-0.3, -0.25) is 4.79 Å². The molecule has 0 unspecified atom stereocenters. The summed E-state index contributed by atoms with van der Waals surface area (Å²) < 4.78 is 0. The van der Waals surface area contributed by atoms with Crippen molar-refractivity contribution >= 4 is 46.6 Å². The molecule has 0 bridgehead atoms. The quantitative estimate of drug-likeness (QED) is 0.777. The molecule has 1 aliphatic heterocycles. The summed E-state index contributed by atoms with van der Waals surface area (Å²) in [5.74, 6) is -0.106. The maximum absolute atomic E-state index is 12.2. The molecule has 1 aromatic heterocycles. The van der Waals surface area contributed by atoms with Crippen LogP contribution in [0.1, 0.15) is 16.8 Å². The number of amides is 1. The summed E-state index contributed by atoms with van der Waals surface area (Å²) in [5, 5.41) is 13.4. The topological polar surface area (TPSA) is 69.0 Å². The zero-order chi connectivity index (χ0) is 18.7. The monoisotopic (exact) mass is 406 g/mol. The molecule has 134 valence electrons. The number of aromatic nitrogens is 1. The third-order valence-electron chi connectivity index (χ3n) is 4.01. The van der Waals surface area contributed by atoms with Crippen molar-refractivity contribution in [1.82, 2.24) is 9.88 Å². The molecule has 8 heteroatoms. The van der Waals surface area contributed by atoms with Gasteiger partial charge in [0.05, 0.1) is 27.0 Å². The van der Waals surface area contributed by atoms with E-state index >= 15 is 0 Å². The molecule has 1 amide bonds. The number of nitriles is 1. The van der Waals surface area contributed by atoms with Crippen LogP contribution < -0.4 is 5.32 Å². The molecule has 0 radical (unpaired) electrons. The van der Waals surface area contributed by atoms with Crippen molar-refractivity contribution in [2.75, 3.05) is 24.7 Å². The number of pyridine rings is 1. The maximum atomic E-state index is 12.2. The van der Waals surface area contributed by atoms with Crippen LogP contribution in [0.5, 0.6) is 0 Å². The van der Waals surface area contributed by atoms with E-state index in [-0.39, 0.29) is 11.7 Å². The summed E-state index contributed by atoms with van der Waals surface area (Å²) in [6, 6.07) is 9.11. The van der Waals surface area contributed by atoms with Gasteiger partial charge in [0.15, 0.2) is 0 Å². The Kier molecular flexibility index (Phi) is 6.05. The lowest BCUT2D eigenvalue weighted by atomic mass is 10.0. The van der Waals surface area contributed by atoms with E-state index in [4.69, 9.17) is 23.2 Å². The highest BCUT2D eigenvalue weighted by Gasteiger charge is 2.19. The van der Waals surface area contributed by atoms with Crippen molar-refractivity contribution in [2.24, 2.45) is 0 Å². The summed E-state index contributed by atoms with van der Waals surface area (Å²) in [6.07, 6.45) is 0.843. The van der Waals surface area contributed by atoms with Gasteiger partial charge < -0.3 is 10.2 Å². The fraction of sp³-hybridized carbons (Fsp3) is 0.278. The molecule has 1 N–H and O–H groups in total. The van der Waals surface area contributed by atoms with Gasteiger partial charge in [-0.05, 0) is 30.8 Å². The van der Waals surface area contributed by atoms with Gasteiger partial charge in [0, 0.05) is 25.2 Å². The number of thioether (sulfide) groups is 1. The number of hydrogen-bond acceptors (Lipinski definition) is 5. The van der Waals surface area contributed by atoms with E-state index in [2.05, 4.69) is 21.3 Å². The Morgan fingerprint density at radius 1 is 1.46 bits per heavy atom. The number of nitrogens with zero attached hydrogens (tertiary/aromatic N) is 3. The van der Waals surface area contributed by atoms with E-state index in [1.165, 1.54) is 11.8 Å². The minimum atomic E-state index is -0.234. The first kappa shape index (κ1) is 19.0. The first-order valence-electron chi connectivity index (χ1n) is 7.96. The van der Waals surface area contributed by atoms with Gasteiger partial charge in [-0.25, -0.2) is 4.98 Å². The number of carbonyl (C=O) groups is 1. The van der Waals surface area contributed by atoms with Crippen LogP contribution in [0.2, 0.25) is 10.0 Å². The molecule has 0 aliphatic carbocycles. The molecule has 0 fully saturated rings. The molecule has 1 aliphatic rings. The average molecular weight is 407 g/mol. The molecule has 2 aromatic rings. The second-order valence-corrected chi connectivity index (χ2v) is 7.73. The van der Waals surface area contributed by atoms with Crippen molar-refractivity contribution in [3.63, 3.8) is 0 Å². The summed E-state index contributed by atoms with van der Waals surface area (Å²) in [6.45, 7) is 1.72. The average Bonchev–Trinajstić information content (AvgIpc) is 2.63. The Morgan fingerprint density at radius 3 is 3.04 bits per heavy atom. The Balaban J connectivity index is 1.70. The van der Waals surface area contributed by atoms with Crippen LogP contribution in [-0.2, 0) is 17.8 Å². The zero-order valence-electron chi connectivity index (χ0n) is 14.1. The Bertz CT molecular complexity index is 897. The smallest absolute Gasteiger partial charge is 0.234 e. The maximum Gasteiger partial charge on any atom is 0.234 e. The van der Waals surface area contributed by atoms with Crippen molar-refractivity contribution in [1.29, 1.82) is 5.26 Å². The van der Waals surface area contributed by atoms with Crippen LogP contribution in [0.25, 0.3) is 0 Å². The van der Waals surface area contributed by atoms with Crippen molar-refractivity contribution < 1.29 is 4.79 Å². The molecular formula is C18H16Cl2N4OS. The van der Waals surface area contributed by atoms with Crippen molar-refractivity contribution in [3.05, 3.63) is 51.1 Å². The van der Waals surface area contributed by atoms with E-state index in [1.54, 1.807) is 18.2 Å². The van der Waals surface area contributed by atoms with Gasteiger partial charge >= 0.3 is 0 Å². The minimum Gasteiger partial charge on any atom is -0.324 e. The third-order valence-corrected chi connectivity index (χ3v) is 5.82. The van der Waals surface area contributed by atoms with E-state index in [0.29, 0.717) is 26.3 Å².